The van der Waals surface area contributed by atoms with Gasteiger partial charge in [0.15, 0.2) is 0 Å². The zero-order valence-corrected chi connectivity index (χ0v) is 14.9. The van der Waals surface area contributed by atoms with E-state index in [0.29, 0.717) is 39.0 Å². The maximum atomic E-state index is 10.8. The summed E-state index contributed by atoms with van der Waals surface area (Å²) in [7, 11) is 0. The number of amides is 2. The molecule has 1 heterocycles. The topological polar surface area (TPSA) is 84.0 Å². The second-order valence-corrected chi connectivity index (χ2v) is 5.60. The molecule has 1 rings (SSSR count). The highest BCUT2D eigenvalue weighted by Gasteiger charge is 2.11. The summed E-state index contributed by atoms with van der Waals surface area (Å²) < 4.78 is 4.86. The van der Waals surface area contributed by atoms with E-state index in [1.165, 1.54) is 0 Å². The first-order chi connectivity index (χ1) is 11.6. The van der Waals surface area contributed by atoms with Crippen LogP contribution >= 0.6 is 0 Å². The second kappa shape index (κ2) is 14.7. The van der Waals surface area contributed by atoms with E-state index in [4.69, 9.17) is 4.74 Å². The van der Waals surface area contributed by atoms with Gasteiger partial charge in [-0.15, -0.1) is 0 Å². The molecule has 0 radical (unpaired) electrons. The second-order valence-electron chi connectivity index (χ2n) is 5.60. The fourth-order valence-electron chi connectivity index (χ4n) is 2.05. The van der Waals surface area contributed by atoms with Gasteiger partial charge in [0, 0.05) is 38.9 Å². The Kier molecular flexibility index (Phi) is 13.5. The zero-order chi connectivity index (χ0) is 18.2. The first-order valence-electron chi connectivity index (χ1n) is 8.63. The van der Waals surface area contributed by atoms with Crippen LogP contribution in [0.1, 0.15) is 52.4 Å². The molecule has 1 saturated heterocycles. The average Bonchev–Trinajstić information content (AvgIpc) is 2.82. The molecule has 0 atom stereocenters. The van der Waals surface area contributed by atoms with Crippen LogP contribution in [0.2, 0.25) is 0 Å². The summed E-state index contributed by atoms with van der Waals surface area (Å²) in [5.74, 6) is 0.0655. The minimum Gasteiger partial charge on any atom is -0.464 e. The lowest BCUT2D eigenvalue weighted by atomic mass is 10.2. The van der Waals surface area contributed by atoms with E-state index in [-0.39, 0.29) is 11.8 Å². The summed E-state index contributed by atoms with van der Waals surface area (Å²) in [4.78, 5) is 45.6. The maximum absolute atomic E-state index is 10.8. The highest BCUT2D eigenvalue weighted by atomic mass is 16.5. The number of ketones is 1. The molecule has 7 nitrogen and oxygen atoms in total. The largest absolute Gasteiger partial charge is 0.464 e. The Balaban J connectivity index is 0.000000463. The Morgan fingerprint density at radius 3 is 2.54 bits per heavy atom. The van der Waals surface area contributed by atoms with Crippen molar-refractivity contribution in [2.24, 2.45) is 0 Å². The Bertz CT molecular complexity index is 387. The Labute approximate surface area is 144 Å². The number of carbonyl (C=O) groups is 4. The van der Waals surface area contributed by atoms with Gasteiger partial charge in [0.1, 0.15) is 12.4 Å². The van der Waals surface area contributed by atoms with E-state index >= 15 is 0 Å². The molecule has 24 heavy (non-hydrogen) atoms. The molecule has 1 aliphatic rings. The molecule has 0 aromatic carbocycles. The van der Waals surface area contributed by atoms with Crippen LogP contribution in [0.3, 0.4) is 0 Å². The van der Waals surface area contributed by atoms with Crippen LogP contribution in [0.5, 0.6) is 0 Å². The van der Waals surface area contributed by atoms with Crippen LogP contribution in [0.25, 0.3) is 0 Å². The lowest BCUT2D eigenvalue weighted by Crippen LogP contribution is -2.28. The van der Waals surface area contributed by atoms with Crippen molar-refractivity contribution in [2.45, 2.75) is 52.4 Å². The molecular formula is C17H30N2O5. The summed E-state index contributed by atoms with van der Waals surface area (Å²) in [6.07, 6.45) is 6.06. The van der Waals surface area contributed by atoms with E-state index < -0.39 is 0 Å². The van der Waals surface area contributed by atoms with Gasteiger partial charge in [-0.05, 0) is 12.8 Å². The van der Waals surface area contributed by atoms with E-state index in [1.807, 2.05) is 0 Å². The first kappa shape index (κ1) is 22.1. The van der Waals surface area contributed by atoms with Gasteiger partial charge in [0.2, 0.25) is 12.8 Å². The van der Waals surface area contributed by atoms with Gasteiger partial charge in [-0.25, -0.2) is 0 Å². The smallest absolute Gasteiger partial charge is 0.305 e. The summed E-state index contributed by atoms with van der Waals surface area (Å²) in [6.45, 7) is 6.71. The third-order valence-electron chi connectivity index (χ3n) is 3.61. The third-order valence-corrected chi connectivity index (χ3v) is 3.61. The number of rotatable bonds is 9. The van der Waals surface area contributed by atoms with E-state index in [1.54, 1.807) is 16.7 Å². The number of unbranched alkanes of at least 4 members (excludes halogenated alkanes) is 1. The van der Waals surface area contributed by atoms with Crippen molar-refractivity contribution < 1.29 is 23.9 Å². The number of Topliss-reactive ketones (excluding diaryl/α,β-unsaturated/α-hetero) is 1. The number of hydrogen-bond donors (Lipinski definition) is 0. The number of ether oxygens (including phenoxy) is 1. The lowest BCUT2D eigenvalue weighted by Gasteiger charge is -2.16. The fraction of sp³-hybridized carbons (Fsp3) is 0.765. The first-order valence-corrected chi connectivity index (χ1v) is 8.63. The van der Waals surface area contributed by atoms with Crippen molar-refractivity contribution in [3.8, 4) is 0 Å². The van der Waals surface area contributed by atoms with Crippen molar-refractivity contribution >= 4 is 24.6 Å². The predicted octanol–water partition coefficient (Wildman–Crippen LogP) is 1.40. The minimum atomic E-state index is -0.216. The van der Waals surface area contributed by atoms with E-state index in [2.05, 4.69) is 6.92 Å². The number of nitrogens with zero attached hydrogens (tertiary/aromatic N) is 2. The molecule has 138 valence electrons. The predicted molar refractivity (Wildman–Crippen MR) is 90.3 cm³/mol. The van der Waals surface area contributed by atoms with Gasteiger partial charge in [-0.2, -0.15) is 0 Å². The molecule has 0 unspecified atom stereocenters. The summed E-state index contributed by atoms with van der Waals surface area (Å²) >= 11 is 0. The number of carbonyl (C=O) groups excluding carboxylic acids is 4. The summed E-state index contributed by atoms with van der Waals surface area (Å²) in [5.41, 5.74) is 0. The van der Waals surface area contributed by atoms with Gasteiger partial charge in [0.05, 0.1) is 6.54 Å². The van der Waals surface area contributed by atoms with Crippen LogP contribution in [0.4, 0.5) is 0 Å². The highest BCUT2D eigenvalue weighted by molar-refractivity contribution is 5.79. The van der Waals surface area contributed by atoms with Gasteiger partial charge in [-0.1, -0.05) is 20.3 Å². The molecule has 0 spiro atoms. The molecule has 0 aliphatic carbocycles. The van der Waals surface area contributed by atoms with Crippen LogP contribution in [-0.4, -0.2) is 67.2 Å². The number of esters is 1. The van der Waals surface area contributed by atoms with Crippen molar-refractivity contribution in [3.05, 3.63) is 0 Å². The fourth-order valence-corrected chi connectivity index (χ4v) is 2.05. The SMILES string of the molecule is CCCCN(C=O)CCOC(=O)CC.O=CN1CCCC(=O)CC1. The lowest BCUT2D eigenvalue weighted by molar-refractivity contribution is -0.144. The monoisotopic (exact) mass is 342 g/mol. The Morgan fingerprint density at radius 1 is 1.21 bits per heavy atom. The van der Waals surface area contributed by atoms with Crippen LogP contribution in [-0.2, 0) is 23.9 Å². The molecule has 0 aromatic rings. The molecule has 1 aliphatic heterocycles. The van der Waals surface area contributed by atoms with Crippen molar-refractivity contribution in [3.63, 3.8) is 0 Å². The molecular weight excluding hydrogens is 312 g/mol. The van der Waals surface area contributed by atoms with Crippen molar-refractivity contribution in [2.75, 3.05) is 32.8 Å². The van der Waals surface area contributed by atoms with Crippen molar-refractivity contribution in [1.29, 1.82) is 0 Å². The minimum absolute atomic E-state index is 0.216. The van der Waals surface area contributed by atoms with Gasteiger partial charge in [-0.3, -0.25) is 19.2 Å². The van der Waals surface area contributed by atoms with E-state index in [9.17, 15) is 19.2 Å². The molecule has 0 saturated carbocycles. The van der Waals surface area contributed by atoms with Crippen LogP contribution in [0.15, 0.2) is 0 Å². The van der Waals surface area contributed by atoms with Gasteiger partial charge in [0.25, 0.3) is 0 Å². The highest BCUT2D eigenvalue weighted by Crippen LogP contribution is 2.04. The molecule has 1 fully saturated rings. The standard InChI is InChI=1S/C10H19NO3.C7H11NO2/c1-3-5-6-11(9-12)7-8-14-10(13)4-2;9-6-8-4-1-2-7(10)3-5-8/h9H,3-8H2,1-2H3;6H,1-5H2. The quantitative estimate of drug-likeness (QED) is 0.467. The maximum Gasteiger partial charge on any atom is 0.305 e. The molecule has 0 aromatic heterocycles. The summed E-state index contributed by atoms with van der Waals surface area (Å²) in [6, 6.07) is 0. The third kappa shape index (κ3) is 11.6. The normalized spacial score (nSPS) is 14.1. The van der Waals surface area contributed by atoms with E-state index in [0.717, 1.165) is 45.2 Å². The van der Waals surface area contributed by atoms with Gasteiger partial charge >= 0.3 is 5.97 Å². The van der Waals surface area contributed by atoms with Gasteiger partial charge < -0.3 is 14.5 Å². The Morgan fingerprint density at radius 2 is 1.96 bits per heavy atom. The van der Waals surface area contributed by atoms with Crippen LogP contribution < -0.4 is 0 Å². The number of likely N-dealkylation sites (tertiary alicyclic amines) is 1. The molecule has 0 N–H and O–H groups in total. The summed E-state index contributed by atoms with van der Waals surface area (Å²) in [5, 5.41) is 0. The molecule has 7 heteroatoms. The molecule has 2 amide bonds. The Hall–Kier alpha value is -1.92. The molecule has 0 bridgehead atoms. The van der Waals surface area contributed by atoms with Crippen LogP contribution in [0, 0.1) is 0 Å². The number of hydrogen-bond acceptors (Lipinski definition) is 5. The average molecular weight is 342 g/mol. The van der Waals surface area contributed by atoms with Crippen molar-refractivity contribution in [1.82, 2.24) is 9.80 Å². The zero-order valence-electron chi connectivity index (χ0n) is 14.9.